The first-order valence-electron chi connectivity index (χ1n) is 11.1. The zero-order chi connectivity index (χ0) is 23.0. The molecule has 33 heavy (non-hydrogen) atoms. The number of aromatic nitrogens is 4. The van der Waals surface area contributed by atoms with Crippen molar-refractivity contribution in [1.82, 2.24) is 25.1 Å². The second-order valence-corrected chi connectivity index (χ2v) is 10.2. The molecule has 1 N–H and O–H groups in total. The molecule has 0 aromatic carbocycles. The van der Waals surface area contributed by atoms with E-state index < -0.39 is 0 Å². The van der Waals surface area contributed by atoms with Crippen molar-refractivity contribution < 1.29 is 9.53 Å². The number of ether oxygens (including phenoxy) is 1. The molecule has 0 radical (unpaired) electrons. The summed E-state index contributed by atoms with van der Waals surface area (Å²) in [6, 6.07) is 8.06. The Bertz CT molecular complexity index is 1290. The molecule has 1 saturated heterocycles. The Morgan fingerprint density at radius 3 is 2.91 bits per heavy atom. The van der Waals surface area contributed by atoms with Gasteiger partial charge in [0.2, 0.25) is 0 Å². The van der Waals surface area contributed by atoms with Crippen LogP contribution >= 0.6 is 11.3 Å². The Kier molecular flexibility index (Phi) is 5.72. The molecule has 5 rings (SSSR count). The summed E-state index contributed by atoms with van der Waals surface area (Å²) in [5.41, 5.74) is 5.26. The minimum Gasteiger partial charge on any atom is -0.381 e. The number of nitrogens with one attached hydrogen (secondary N) is 1. The van der Waals surface area contributed by atoms with Crippen LogP contribution in [0, 0.1) is 5.41 Å². The summed E-state index contributed by atoms with van der Waals surface area (Å²) in [6.45, 7) is 5.56. The van der Waals surface area contributed by atoms with Crippen molar-refractivity contribution in [2.24, 2.45) is 12.5 Å². The summed E-state index contributed by atoms with van der Waals surface area (Å²) < 4.78 is 8.47. The van der Waals surface area contributed by atoms with Gasteiger partial charge in [0.15, 0.2) is 0 Å². The molecule has 0 spiro atoms. The van der Waals surface area contributed by atoms with Gasteiger partial charge in [-0.2, -0.15) is 5.10 Å². The zero-order valence-corrected chi connectivity index (χ0v) is 19.9. The highest BCUT2D eigenvalue weighted by molar-refractivity contribution is 7.17. The highest BCUT2D eigenvalue weighted by Crippen LogP contribution is 2.29. The first-order chi connectivity index (χ1) is 15.9. The fraction of sp³-hybridized carbons (Fsp3) is 0.360. The lowest BCUT2D eigenvalue weighted by Gasteiger charge is -2.38. The number of amides is 1. The van der Waals surface area contributed by atoms with E-state index in [0.29, 0.717) is 25.3 Å². The van der Waals surface area contributed by atoms with E-state index in [0.717, 1.165) is 39.0 Å². The molecule has 4 aromatic heterocycles. The molecule has 8 heteroatoms. The van der Waals surface area contributed by atoms with Crippen molar-refractivity contribution >= 4 is 27.5 Å². The number of carbonyl (C=O) groups excluding carboxylic acids is 1. The number of aryl methyl sites for hydroxylation is 1. The molecule has 1 aliphatic heterocycles. The van der Waals surface area contributed by atoms with Crippen LogP contribution in [0.5, 0.6) is 0 Å². The van der Waals surface area contributed by atoms with E-state index in [2.05, 4.69) is 40.3 Å². The van der Waals surface area contributed by atoms with E-state index in [1.54, 1.807) is 16.0 Å². The number of rotatable bonds is 5. The van der Waals surface area contributed by atoms with E-state index in [9.17, 15) is 4.79 Å². The Morgan fingerprint density at radius 1 is 1.30 bits per heavy atom. The van der Waals surface area contributed by atoms with E-state index in [1.165, 1.54) is 0 Å². The fourth-order valence-corrected chi connectivity index (χ4v) is 5.12. The number of hydrogen-bond acceptors (Lipinski definition) is 6. The van der Waals surface area contributed by atoms with Crippen LogP contribution in [0.1, 0.15) is 41.9 Å². The molecule has 0 aliphatic carbocycles. The number of nitrogens with zero attached hydrogens (tertiary/aromatic N) is 4. The minimum atomic E-state index is -0.130. The van der Waals surface area contributed by atoms with E-state index >= 15 is 0 Å². The largest absolute Gasteiger partial charge is 0.381 e. The van der Waals surface area contributed by atoms with Crippen molar-refractivity contribution in [2.75, 3.05) is 13.2 Å². The maximum absolute atomic E-state index is 13.1. The van der Waals surface area contributed by atoms with E-state index in [1.807, 2.05) is 49.2 Å². The highest BCUT2D eigenvalue weighted by atomic mass is 32.1. The molecule has 1 amide bonds. The Hall–Kier alpha value is -3.10. The first-order valence-corrected chi connectivity index (χ1v) is 12.0. The van der Waals surface area contributed by atoms with Crippen LogP contribution in [0.4, 0.5) is 0 Å². The van der Waals surface area contributed by atoms with Gasteiger partial charge in [0, 0.05) is 49.5 Å². The summed E-state index contributed by atoms with van der Waals surface area (Å²) in [5.74, 6) is -0.130. The molecule has 5 heterocycles. The smallest absolute Gasteiger partial charge is 0.270 e. The summed E-state index contributed by atoms with van der Waals surface area (Å²) in [4.78, 5) is 22.4. The van der Waals surface area contributed by atoms with Gasteiger partial charge in [-0.15, -0.1) is 11.3 Å². The van der Waals surface area contributed by atoms with Crippen LogP contribution in [-0.4, -0.2) is 44.9 Å². The van der Waals surface area contributed by atoms with Crippen molar-refractivity contribution in [3.8, 4) is 11.3 Å². The molecular weight excluding hydrogens is 434 g/mol. The average Bonchev–Trinajstić information content (AvgIpc) is 3.44. The van der Waals surface area contributed by atoms with Gasteiger partial charge in [0.1, 0.15) is 5.69 Å². The van der Waals surface area contributed by atoms with E-state index in [4.69, 9.17) is 4.74 Å². The quantitative estimate of drug-likeness (QED) is 0.481. The first kappa shape index (κ1) is 21.7. The van der Waals surface area contributed by atoms with Crippen LogP contribution in [0.25, 0.3) is 21.5 Å². The van der Waals surface area contributed by atoms with Crippen molar-refractivity contribution in [3.63, 3.8) is 0 Å². The Morgan fingerprint density at radius 2 is 2.18 bits per heavy atom. The van der Waals surface area contributed by atoms with Crippen LogP contribution in [0.3, 0.4) is 0 Å². The topological polar surface area (TPSA) is 81.9 Å². The third-order valence-electron chi connectivity index (χ3n) is 6.21. The monoisotopic (exact) mass is 461 g/mol. The molecule has 170 valence electrons. The third kappa shape index (κ3) is 4.54. The molecule has 7 nitrogen and oxygen atoms in total. The average molecular weight is 462 g/mol. The van der Waals surface area contributed by atoms with Gasteiger partial charge >= 0.3 is 0 Å². The molecule has 1 unspecified atom stereocenters. The lowest BCUT2D eigenvalue weighted by atomic mass is 9.82. The zero-order valence-electron chi connectivity index (χ0n) is 19.0. The fourth-order valence-electron chi connectivity index (χ4n) is 4.27. The lowest BCUT2D eigenvalue weighted by molar-refractivity contribution is -0.0116. The van der Waals surface area contributed by atoms with Gasteiger partial charge in [-0.1, -0.05) is 19.9 Å². The molecule has 0 bridgehead atoms. The minimum absolute atomic E-state index is 0.0615. The number of hydrogen-bond donors (Lipinski definition) is 1. The van der Waals surface area contributed by atoms with Crippen LogP contribution in [0.2, 0.25) is 0 Å². The molecule has 0 saturated carbocycles. The summed E-state index contributed by atoms with van der Waals surface area (Å²) in [7, 11) is 1.89. The van der Waals surface area contributed by atoms with Crippen molar-refractivity contribution in [3.05, 3.63) is 65.1 Å². The summed E-state index contributed by atoms with van der Waals surface area (Å²) >= 11 is 1.65. The molecular formula is C25H27N5O2S. The molecule has 1 aliphatic rings. The Balaban J connectivity index is 1.39. The number of pyridine rings is 2. The molecule has 1 fully saturated rings. The molecule has 1 atom stereocenters. The van der Waals surface area contributed by atoms with Crippen molar-refractivity contribution in [1.29, 1.82) is 0 Å². The SMILES string of the molecule is Cn1cc(-c2ccc(Cc3cc(C(=O)NC4CCOCC4(C)C)nc4ccsc34)cn2)cn1. The third-order valence-corrected chi connectivity index (χ3v) is 7.19. The van der Waals surface area contributed by atoms with Crippen molar-refractivity contribution in [2.45, 2.75) is 32.7 Å². The summed E-state index contributed by atoms with van der Waals surface area (Å²) in [5, 5.41) is 9.44. The van der Waals surface area contributed by atoms with Gasteiger partial charge in [0.25, 0.3) is 5.91 Å². The van der Waals surface area contributed by atoms with Crippen LogP contribution in [-0.2, 0) is 18.2 Å². The van der Waals surface area contributed by atoms with Gasteiger partial charge in [0.05, 0.1) is 28.7 Å². The lowest BCUT2D eigenvalue weighted by Crippen LogP contribution is -2.50. The second kappa shape index (κ2) is 8.68. The number of thiophene rings is 1. The van der Waals surface area contributed by atoms with E-state index in [-0.39, 0.29) is 17.4 Å². The maximum atomic E-state index is 13.1. The standard InChI is InChI=1S/C25H27N5O2S/c1-25(2)15-32-8-6-22(25)29-24(31)21-11-17(23-20(28-21)7-9-33-23)10-16-4-5-19(26-12-16)18-13-27-30(3)14-18/h4-5,7,9,11-14,22H,6,8,10,15H2,1-3H3,(H,29,31). The van der Waals surface area contributed by atoms with Gasteiger partial charge < -0.3 is 10.1 Å². The second-order valence-electron chi connectivity index (χ2n) is 9.29. The van der Waals surface area contributed by atoms with Crippen LogP contribution in [0.15, 0.2) is 48.2 Å². The number of fused-ring (bicyclic) bond motifs is 1. The summed E-state index contributed by atoms with van der Waals surface area (Å²) in [6.07, 6.45) is 7.14. The maximum Gasteiger partial charge on any atom is 0.270 e. The number of carbonyl (C=O) groups is 1. The van der Waals surface area contributed by atoms with Gasteiger partial charge in [-0.3, -0.25) is 14.5 Å². The van der Waals surface area contributed by atoms with Gasteiger partial charge in [-0.05, 0) is 41.1 Å². The highest BCUT2D eigenvalue weighted by Gasteiger charge is 2.34. The normalized spacial score (nSPS) is 17.8. The van der Waals surface area contributed by atoms with Crippen LogP contribution < -0.4 is 5.32 Å². The Labute approximate surface area is 196 Å². The predicted octanol–water partition coefficient (Wildman–Crippen LogP) is 4.23. The molecule has 4 aromatic rings. The predicted molar refractivity (Wildman–Crippen MR) is 129 cm³/mol. The van der Waals surface area contributed by atoms with Gasteiger partial charge in [-0.25, -0.2) is 4.98 Å².